The number of para-hydroxylation sites is 1. The smallest absolute Gasteiger partial charge is 0.179 e. The SMILES string of the molecule is N[C@H](Cc1c[nH]c2ccccc12)C(=O)c1ccccc1. The lowest BCUT2D eigenvalue weighted by Crippen LogP contribution is -2.32. The molecule has 0 amide bonds. The van der Waals surface area contributed by atoms with Crippen LogP contribution in [0.2, 0.25) is 0 Å². The molecule has 0 fully saturated rings. The van der Waals surface area contributed by atoms with Crippen molar-refractivity contribution in [3.8, 4) is 0 Å². The van der Waals surface area contributed by atoms with Gasteiger partial charge in [-0.25, -0.2) is 0 Å². The molecule has 3 aromatic rings. The van der Waals surface area contributed by atoms with Crippen molar-refractivity contribution in [2.45, 2.75) is 12.5 Å². The summed E-state index contributed by atoms with van der Waals surface area (Å²) in [6, 6.07) is 16.7. The van der Waals surface area contributed by atoms with E-state index in [-0.39, 0.29) is 5.78 Å². The van der Waals surface area contributed by atoms with Crippen LogP contribution in [0.5, 0.6) is 0 Å². The van der Waals surface area contributed by atoms with E-state index in [9.17, 15) is 4.79 Å². The van der Waals surface area contributed by atoms with Gasteiger partial charge in [-0.3, -0.25) is 4.79 Å². The van der Waals surface area contributed by atoms with Gasteiger partial charge in [-0.15, -0.1) is 0 Å². The molecular formula is C17H16N2O. The van der Waals surface area contributed by atoms with E-state index >= 15 is 0 Å². The number of ketones is 1. The molecule has 20 heavy (non-hydrogen) atoms. The quantitative estimate of drug-likeness (QED) is 0.712. The van der Waals surface area contributed by atoms with Crippen molar-refractivity contribution < 1.29 is 4.79 Å². The summed E-state index contributed by atoms with van der Waals surface area (Å²) in [5, 5.41) is 1.13. The zero-order chi connectivity index (χ0) is 13.9. The third kappa shape index (κ3) is 2.36. The van der Waals surface area contributed by atoms with E-state index < -0.39 is 6.04 Å². The first-order valence-electron chi connectivity index (χ1n) is 6.65. The minimum absolute atomic E-state index is 0.0177. The van der Waals surface area contributed by atoms with Crippen molar-refractivity contribution in [2.75, 3.05) is 0 Å². The number of hydrogen-bond acceptors (Lipinski definition) is 2. The number of rotatable bonds is 4. The van der Waals surface area contributed by atoms with Gasteiger partial charge in [-0.1, -0.05) is 48.5 Å². The van der Waals surface area contributed by atoms with Crippen LogP contribution in [0, 0.1) is 0 Å². The maximum Gasteiger partial charge on any atom is 0.179 e. The lowest BCUT2D eigenvalue weighted by molar-refractivity contribution is 0.0961. The molecule has 0 saturated heterocycles. The summed E-state index contributed by atoms with van der Waals surface area (Å²) in [6.07, 6.45) is 2.47. The number of H-pyrrole nitrogens is 1. The third-order valence-electron chi connectivity index (χ3n) is 3.51. The van der Waals surface area contributed by atoms with Crippen LogP contribution < -0.4 is 5.73 Å². The number of nitrogens with one attached hydrogen (secondary N) is 1. The molecule has 3 heteroatoms. The second-order valence-corrected chi connectivity index (χ2v) is 4.90. The van der Waals surface area contributed by atoms with Crippen molar-refractivity contribution >= 4 is 16.7 Å². The maximum atomic E-state index is 12.3. The molecule has 2 aromatic carbocycles. The molecule has 3 nitrogen and oxygen atoms in total. The summed E-state index contributed by atoms with van der Waals surface area (Å²) < 4.78 is 0. The molecule has 0 aliphatic heterocycles. The van der Waals surface area contributed by atoms with E-state index in [1.54, 1.807) is 12.1 Å². The molecule has 0 saturated carbocycles. The topological polar surface area (TPSA) is 58.9 Å². The van der Waals surface area contributed by atoms with Gasteiger partial charge in [0.25, 0.3) is 0 Å². The Labute approximate surface area is 117 Å². The van der Waals surface area contributed by atoms with Crippen LogP contribution in [0.1, 0.15) is 15.9 Å². The van der Waals surface area contributed by atoms with Crippen LogP contribution in [0.4, 0.5) is 0 Å². The number of hydrogen-bond donors (Lipinski definition) is 2. The molecule has 1 atom stereocenters. The summed E-state index contributed by atoms with van der Waals surface area (Å²) in [7, 11) is 0. The molecule has 3 rings (SSSR count). The van der Waals surface area contributed by atoms with E-state index in [2.05, 4.69) is 4.98 Å². The number of carbonyl (C=O) groups excluding carboxylic acids is 1. The van der Waals surface area contributed by atoms with Gasteiger partial charge in [-0.05, 0) is 18.1 Å². The first kappa shape index (κ1) is 12.6. The zero-order valence-electron chi connectivity index (χ0n) is 11.0. The number of aromatic amines is 1. The number of benzene rings is 2. The largest absolute Gasteiger partial charge is 0.361 e. The van der Waals surface area contributed by atoms with Crippen LogP contribution in [0.3, 0.4) is 0 Å². The van der Waals surface area contributed by atoms with Crippen LogP contribution in [-0.4, -0.2) is 16.8 Å². The number of aromatic nitrogens is 1. The normalized spacial score (nSPS) is 12.4. The summed E-state index contributed by atoms with van der Waals surface area (Å²) >= 11 is 0. The van der Waals surface area contributed by atoms with Crippen molar-refractivity contribution in [3.63, 3.8) is 0 Å². The fourth-order valence-corrected chi connectivity index (χ4v) is 2.45. The maximum absolute atomic E-state index is 12.3. The van der Waals surface area contributed by atoms with Gasteiger partial charge in [0.05, 0.1) is 6.04 Å². The highest BCUT2D eigenvalue weighted by molar-refractivity contribution is 6.00. The average molecular weight is 264 g/mol. The summed E-state index contributed by atoms with van der Waals surface area (Å²) in [6.45, 7) is 0. The molecule has 0 bridgehead atoms. The Morgan fingerprint density at radius 2 is 1.75 bits per heavy atom. The highest BCUT2D eigenvalue weighted by atomic mass is 16.1. The van der Waals surface area contributed by atoms with Gasteiger partial charge >= 0.3 is 0 Å². The van der Waals surface area contributed by atoms with Crippen molar-refractivity contribution in [2.24, 2.45) is 5.73 Å². The summed E-state index contributed by atoms with van der Waals surface area (Å²) in [5.41, 5.74) is 8.89. The summed E-state index contributed by atoms with van der Waals surface area (Å²) in [4.78, 5) is 15.5. The van der Waals surface area contributed by atoms with E-state index in [0.29, 0.717) is 12.0 Å². The molecule has 0 spiro atoms. The predicted octanol–water partition coefficient (Wildman–Crippen LogP) is 2.92. The van der Waals surface area contributed by atoms with E-state index in [4.69, 9.17) is 5.73 Å². The van der Waals surface area contributed by atoms with Gasteiger partial charge in [0.2, 0.25) is 0 Å². The van der Waals surface area contributed by atoms with E-state index in [0.717, 1.165) is 16.5 Å². The third-order valence-corrected chi connectivity index (χ3v) is 3.51. The van der Waals surface area contributed by atoms with Gasteiger partial charge in [0.15, 0.2) is 5.78 Å². The Bertz CT molecular complexity index is 731. The Hall–Kier alpha value is -2.39. The van der Waals surface area contributed by atoms with Gasteiger partial charge < -0.3 is 10.7 Å². The van der Waals surface area contributed by atoms with Crippen molar-refractivity contribution in [1.29, 1.82) is 0 Å². The minimum atomic E-state index is -0.517. The predicted molar refractivity (Wildman–Crippen MR) is 80.8 cm³/mol. The Morgan fingerprint density at radius 1 is 1.05 bits per heavy atom. The monoisotopic (exact) mass is 264 g/mol. The van der Waals surface area contributed by atoms with Crippen molar-refractivity contribution in [1.82, 2.24) is 4.98 Å². The van der Waals surface area contributed by atoms with Crippen LogP contribution in [0.15, 0.2) is 60.8 Å². The molecule has 0 aliphatic carbocycles. The first-order chi connectivity index (χ1) is 9.75. The Balaban J connectivity index is 1.82. The average Bonchev–Trinajstić information content (AvgIpc) is 2.91. The van der Waals surface area contributed by atoms with Crippen molar-refractivity contribution in [3.05, 3.63) is 71.9 Å². The number of fused-ring (bicyclic) bond motifs is 1. The molecule has 0 unspecified atom stereocenters. The van der Waals surface area contributed by atoms with Crippen LogP contribution in [-0.2, 0) is 6.42 Å². The second kappa shape index (κ2) is 5.31. The van der Waals surface area contributed by atoms with Crippen LogP contribution >= 0.6 is 0 Å². The molecule has 100 valence electrons. The fraction of sp³-hybridized carbons (Fsp3) is 0.118. The van der Waals surface area contributed by atoms with E-state index in [1.165, 1.54) is 0 Å². The molecule has 1 aromatic heterocycles. The standard InChI is InChI=1S/C17H16N2O/c18-15(17(20)12-6-2-1-3-7-12)10-13-11-19-16-9-5-4-8-14(13)16/h1-9,11,15,19H,10,18H2/t15-/m1/s1. The highest BCUT2D eigenvalue weighted by Gasteiger charge is 2.17. The lowest BCUT2D eigenvalue weighted by atomic mass is 9.98. The highest BCUT2D eigenvalue weighted by Crippen LogP contribution is 2.19. The molecule has 0 radical (unpaired) electrons. The summed E-state index contributed by atoms with van der Waals surface area (Å²) in [5.74, 6) is -0.0177. The number of nitrogens with two attached hydrogens (primary N) is 1. The van der Waals surface area contributed by atoms with Crippen LogP contribution in [0.25, 0.3) is 10.9 Å². The number of carbonyl (C=O) groups is 1. The fourth-order valence-electron chi connectivity index (χ4n) is 2.45. The Kier molecular flexibility index (Phi) is 3.35. The van der Waals surface area contributed by atoms with Gasteiger partial charge in [-0.2, -0.15) is 0 Å². The molecule has 1 heterocycles. The van der Waals surface area contributed by atoms with Gasteiger partial charge in [0, 0.05) is 22.7 Å². The lowest BCUT2D eigenvalue weighted by Gasteiger charge is -2.10. The molecular weight excluding hydrogens is 248 g/mol. The van der Waals surface area contributed by atoms with E-state index in [1.807, 2.05) is 48.7 Å². The van der Waals surface area contributed by atoms with Gasteiger partial charge in [0.1, 0.15) is 0 Å². The Morgan fingerprint density at radius 3 is 2.55 bits per heavy atom. The number of Topliss-reactive ketones (excluding diaryl/α,β-unsaturated/α-hetero) is 1. The molecule has 3 N–H and O–H groups in total. The second-order valence-electron chi connectivity index (χ2n) is 4.90. The minimum Gasteiger partial charge on any atom is -0.361 e. The zero-order valence-corrected chi connectivity index (χ0v) is 11.0. The molecule has 0 aliphatic rings. The first-order valence-corrected chi connectivity index (χ1v) is 6.65.